The van der Waals surface area contributed by atoms with E-state index in [2.05, 4.69) is 15.5 Å². The second-order valence-corrected chi connectivity index (χ2v) is 4.17. The summed E-state index contributed by atoms with van der Waals surface area (Å²) in [6, 6.07) is 9.46. The summed E-state index contributed by atoms with van der Waals surface area (Å²) in [5, 5.41) is 5.11. The number of anilines is 1. The molecule has 0 bridgehead atoms. The number of nitrogens with one attached hydrogen (secondary N) is 1. The van der Waals surface area contributed by atoms with E-state index < -0.39 is 0 Å². The lowest BCUT2D eigenvalue weighted by Crippen LogP contribution is -2.09. The number of aromatic nitrogens is 3. The van der Waals surface area contributed by atoms with Crippen molar-refractivity contribution in [2.75, 3.05) is 5.43 Å². The molecule has 6 heteroatoms. The fraction of sp³-hybridized carbons (Fsp3) is 0. The molecule has 3 N–H and O–H groups in total. The average Bonchev–Trinajstić information content (AvgIpc) is 2.82. The summed E-state index contributed by atoms with van der Waals surface area (Å²) in [6.45, 7) is 0. The summed E-state index contributed by atoms with van der Waals surface area (Å²) in [4.78, 5) is 4.12. The lowest BCUT2D eigenvalue weighted by molar-refractivity contribution is 0.949. The van der Waals surface area contributed by atoms with E-state index in [1.54, 1.807) is 16.9 Å². The first-order valence-corrected chi connectivity index (χ1v) is 5.73. The van der Waals surface area contributed by atoms with E-state index in [1.807, 2.05) is 30.3 Å². The average molecular weight is 260 g/mol. The molecule has 90 valence electrons. The Morgan fingerprint density at radius 3 is 2.89 bits per heavy atom. The zero-order chi connectivity index (χ0) is 12.5. The zero-order valence-corrected chi connectivity index (χ0v) is 10.1. The van der Waals surface area contributed by atoms with Crippen molar-refractivity contribution in [3.63, 3.8) is 0 Å². The monoisotopic (exact) mass is 259 g/mol. The third-order valence-electron chi connectivity index (χ3n) is 2.68. The van der Waals surface area contributed by atoms with Gasteiger partial charge in [-0.15, -0.1) is 0 Å². The molecule has 0 atom stereocenters. The molecule has 2 heterocycles. The first-order valence-electron chi connectivity index (χ1n) is 5.35. The normalized spacial score (nSPS) is 10.8. The van der Waals surface area contributed by atoms with Gasteiger partial charge in [0.25, 0.3) is 0 Å². The molecule has 0 aliphatic heterocycles. The molecule has 0 fully saturated rings. The van der Waals surface area contributed by atoms with Gasteiger partial charge in [0.1, 0.15) is 5.52 Å². The molecule has 0 saturated carbocycles. The largest absolute Gasteiger partial charge is 0.307 e. The number of hydrogen-bond donors (Lipinski definition) is 2. The van der Waals surface area contributed by atoms with Gasteiger partial charge < -0.3 is 5.43 Å². The predicted octanol–water partition coefficient (Wildman–Crippen LogP) is 2.34. The van der Waals surface area contributed by atoms with Crippen molar-refractivity contribution >= 4 is 22.9 Å². The van der Waals surface area contributed by atoms with Gasteiger partial charge in [-0.3, -0.25) is 0 Å². The Kier molecular flexibility index (Phi) is 2.62. The molecule has 2 aromatic heterocycles. The Morgan fingerprint density at radius 1 is 1.28 bits per heavy atom. The molecular weight excluding hydrogens is 250 g/mol. The molecule has 3 aromatic rings. The second-order valence-electron chi connectivity index (χ2n) is 3.76. The quantitative estimate of drug-likeness (QED) is 0.548. The third-order valence-corrected chi connectivity index (χ3v) is 3.01. The Bertz CT molecular complexity index is 707. The van der Waals surface area contributed by atoms with Crippen LogP contribution in [0.25, 0.3) is 16.8 Å². The van der Waals surface area contributed by atoms with E-state index in [0.29, 0.717) is 10.8 Å². The van der Waals surface area contributed by atoms with Gasteiger partial charge in [0.15, 0.2) is 5.82 Å². The van der Waals surface area contributed by atoms with E-state index in [4.69, 9.17) is 17.4 Å². The van der Waals surface area contributed by atoms with Crippen LogP contribution in [-0.4, -0.2) is 14.6 Å². The molecule has 3 rings (SSSR count). The van der Waals surface area contributed by atoms with Crippen molar-refractivity contribution in [2.24, 2.45) is 5.84 Å². The highest BCUT2D eigenvalue weighted by Gasteiger charge is 2.10. The minimum Gasteiger partial charge on any atom is -0.307 e. The highest BCUT2D eigenvalue weighted by atomic mass is 35.5. The number of halogens is 1. The van der Waals surface area contributed by atoms with Crippen molar-refractivity contribution in [1.82, 2.24) is 14.6 Å². The van der Waals surface area contributed by atoms with Crippen molar-refractivity contribution in [2.45, 2.75) is 0 Å². The molecule has 0 aliphatic carbocycles. The standard InChI is InChI=1S/C12H10ClN5/c13-9-4-2-1-3-8(9)10-7-11-12(16-14)15-5-6-18(11)17-10/h1-7H,14H2,(H,15,16). The lowest BCUT2D eigenvalue weighted by Gasteiger charge is -1.98. The number of nitrogens with two attached hydrogens (primary N) is 1. The van der Waals surface area contributed by atoms with Crippen molar-refractivity contribution in [3.05, 3.63) is 47.7 Å². The van der Waals surface area contributed by atoms with Gasteiger partial charge in [0.05, 0.1) is 10.7 Å². The van der Waals surface area contributed by atoms with Gasteiger partial charge in [0.2, 0.25) is 0 Å². The highest BCUT2D eigenvalue weighted by Crippen LogP contribution is 2.28. The van der Waals surface area contributed by atoms with Crippen LogP contribution in [0.1, 0.15) is 0 Å². The number of benzene rings is 1. The topological polar surface area (TPSA) is 68.2 Å². The summed E-state index contributed by atoms with van der Waals surface area (Å²) in [5.74, 6) is 5.99. The molecule has 5 nitrogen and oxygen atoms in total. The molecule has 0 radical (unpaired) electrons. The van der Waals surface area contributed by atoms with E-state index in [0.717, 1.165) is 16.8 Å². The molecular formula is C12H10ClN5. The van der Waals surface area contributed by atoms with Crippen LogP contribution in [0.4, 0.5) is 5.82 Å². The minimum absolute atomic E-state index is 0.573. The Hall–Kier alpha value is -2.11. The maximum absolute atomic E-state index is 6.15. The van der Waals surface area contributed by atoms with Gasteiger partial charge >= 0.3 is 0 Å². The summed E-state index contributed by atoms with van der Waals surface area (Å²) in [5.41, 5.74) is 5.01. The van der Waals surface area contributed by atoms with Crippen molar-refractivity contribution in [3.8, 4) is 11.3 Å². The first kappa shape index (κ1) is 11.0. The van der Waals surface area contributed by atoms with Crippen LogP contribution in [0.2, 0.25) is 5.02 Å². The molecule has 18 heavy (non-hydrogen) atoms. The Morgan fingerprint density at radius 2 is 2.11 bits per heavy atom. The fourth-order valence-electron chi connectivity index (χ4n) is 1.83. The maximum atomic E-state index is 6.15. The molecule has 0 spiro atoms. The third kappa shape index (κ3) is 1.70. The van der Waals surface area contributed by atoms with Crippen LogP contribution >= 0.6 is 11.6 Å². The number of nitrogen functional groups attached to an aromatic ring is 1. The molecule has 0 aliphatic rings. The van der Waals surface area contributed by atoms with Crippen LogP contribution < -0.4 is 11.3 Å². The molecule has 0 saturated heterocycles. The van der Waals surface area contributed by atoms with Gasteiger partial charge in [-0.2, -0.15) is 5.10 Å². The SMILES string of the molecule is NNc1nccn2nc(-c3ccccc3Cl)cc12. The lowest BCUT2D eigenvalue weighted by atomic mass is 10.1. The minimum atomic E-state index is 0.573. The number of fused-ring (bicyclic) bond motifs is 1. The number of rotatable bonds is 2. The maximum Gasteiger partial charge on any atom is 0.166 e. The number of nitrogens with zero attached hydrogens (tertiary/aromatic N) is 3. The summed E-state index contributed by atoms with van der Waals surface area (Å²) in [6.07, 6.45) is 3.39. The van der Waals surface area contributed by atoms with Crippen LogP contribution in [0.3, 0.4) is 0 Å². The zero-order valence-electron chi connectivity index (χ0n) is 9.34. The van der Waals surface area contributed by atoms with Gasteiger partial charge in [-0.05, 0) is 12.1 Å². The van der Waals surface area contributed by atoms with Gasteiger partial charge in [-0.1, -0.05) is 29.8 Å². The van der Waals surface area contributed by atoms with Crippen LogP contribution in [0, 0.1) is 0 Å². The molecule has 1 aromatic carbocycles. The van der Waals surface area contributed by atoms with E-state index in [-0.39, 0.29) is 0 Å². The Balaban J connectivity index is 2.23. The van der Waals surface area contributed by atoms with Crippen LogP contribution in [-0.2, 0) is 0 Å². The first-order chi connectivity index (χ1) is 8.79. The number of hydrazine groups is 1. The molecule has 0 unspecified atom stereocenters. The van der Waals surface area contributed by atoms with E-state index in [9.17, 15) is 0 Å². The predicted molar refractivity (Wildman–Crippen MR) is 71.2 cm³/mol. The summed E-state index contributed by atoms with van der Waals surface area (Å²) >= 11 is 6.15. The summed E-state index contributed by atoms with van der Waals surface area (Å²) in [7, 11) is 0. The number of hydrogen-bond acceptors (Lipinski definition) is 4. The van der Waals surface area contributed by atoms with Crippen LogP contribution in [0.15, 0.2) is 42.7 Å². The van der Waals surface area contributed by atoms with E-state index in [1.165, 1.54) is 0 Å². The Labute approximate surface area is 108 Å². The fourth-order valence-corrected chi connectivity index (χ4v) is 2.07. The van der Waals surface area contributed by atoms with Gasteiger partial charge in [-0.25, -0.2) is 15.3 Å². The van der Waals surface area contributed by atoms with Crippen molar-refractivity contribution < 1.29 is 0 Å². The van der Waals surface area contributed by atoms with E-state index >= 15 is 0 Å². The van der Waals surface area contributed by atoms with Gasteiger partial charge in [0, 0.05) is 18.0 Å². The van der Waals surface area contributed by atoms with Crippen molar-refractivity contribution in [1.29, 1.82) is 0 Å². The summed E-state index contributed by atoms with van der Waals surface area (Å²) < 4.78 is 1.71. The molecule has 0 amide bonds. The van der Waals surface area contributed by atoms with Crippen LogP contribution in [0.5, 0.6) is 0 Å². The highest BCUT2D eigenvalue weighted by molar-refractivity contribution is 6.33. The second kappa shape index (κ2) is 4.29. The smallest absolute Gasteiger partial charge is 0.166 e.